The number of carbonyl (C=O) groups excluding carboxylic acids is 4. The molecule has 0 bridgehead atoms. The van der Waals surface area contributed by atoms with Crippen molar-refractivity contribution in [3.8, 4) is 0 Å². The van der Waals surface area contributed by atoms with Gasteiger partial charge in [-0.3, -0.25) is 37.3 Å². The zero-order valence-corrected chi connectivity index (χ0v) is 62.9. The van der Waals surface area contributed by atoms with Gasteiger partial charge in [-0.05, 0) is 31.6 Å². The van der Waals surface area contributed by atoms with E-state index in [1.807, 2.05) is 0 Å². The first-order valence-electron chi connectivity index (χ1n) is 39.1. The highest BCUT2D eigenvalue weighted by Gasteiger charge is 2.30. The number of aliphatic hydroxyl groups is 1. The third-order valence-electron chi connectivity index (χ3n) is 17.5. The van der Waals surface area contributed by atoms with Crippen LogP contribution in [0.3, 0.4) is 0 Å². The molecule has 0 saturated carbocycles. The Morgan fingerprint density at radius 2 is 0.489 bits per heavy atom. The summed E-state index contributed by atoms with van der Waals surface area (Å²) in [4.78, 5) is 72.7. The Hall–Kier alpha value is -1.94. The van der Waals surface area contributed by atoms with E-state index in [2.05, 4.69) is 34.6 Å². The molecule has 0 heterocycles. The summed E-state index contributed by atoms with van der Waals surface area (Å²) in [6.07, 6.45) is 57.0. The smallest absolute Gasteiger partial charge is 0.462 e. The first-order chi connectivity index (χ1) is 45.5. The second-order valence-electron chi connectivity index (χ2n) is 27.5. The summed E-state index contributed by atoms with van der Waals surface area (Å²) in [7, 11) is -9.91. The lowest BCUT2D eigenvalue weighted by Crippen LogP contribution is -2.30. The Labute approximate surface area is 575 Å². The molecule has 19 heteroatoms. The largest absolute Gasteiger partial charge is 0.472 e. The zero-order chi connectivity index (χ0) is 69.1. The maximum Gasteiger partial charge on any atom is 0.472 e. The van der Waals surface area contributed by atoms with Gasteiger partial charge in [-0.2, -0.15) is 0 Å². The normalized spacial score (nSPS) is 14.0. The third kappa shape index (κ3) is 68.6. The minimum Gasteiger partial charge on any atom is -0.462 e. The molecule has 558 valence electrons. The summed E-state index contributed by atoms with van der Waals surface area (Å²) in [5.74, 6) is -1.44. The second kappa shape index (κ2) is 68.2. The average molecular weight is 1380 g/mol. The van der Waals surface area contributed by atoms with Gasteiger partial charge in [-0.1, -0.05) is 343 Å². The van der Waals surface area contributed by atoms with Crippen molar-refractivity contribution in [2.75, 3.05) is 39.6 Å². The van der Waals surface area contributed by atoms with E-state index >= 15 is 0 Å². The summed E-state index contributed by atoms with van der Waals surface area (Å²) in [6.45, 7) is 7.21. The number of esters is 4. The van der Waals surface area contributed by atoms with Crippen LogP contribution in [0.15, 0.2) is 0 Å². The van der Waals surface area contributed by atoms with Crippen molar-refractivity contribution >= 4 is 39.5 Å². The van der Waals surface area contributed by atoms with Gasteiger partial charge in [-0.25, -0.2) is 9.13 Å². The highest BCUT2D eigenvalue weighted by Crippen LogP contribution is 2.45. The van der Waals surface area contributed by atoms with Crippen LogP contribution in [-0.2, 0) is 65.4 Å². The van der Waals surface area contributed by atoms with Crippen LogP contribution in [-0.4, -0.2) is 96.7 Å². The van der Waals surface area contributed by atoms with Gasteiger partial charge < -0.3 is 33.8 Å². The molecular formula is C75H146O17P2. The minimum atomic E-state index is -4.96. The maximum absolute atomic E-state index is 13.1. The Balaban J connectivity index is 5.21. The topological polar surface area (TPSA) is 237 Å². The van der Waals surface area contributed by atoms with Crippen molar-refractivity contribution < 1.29 is 80.2 Å². The lowest BCUT2D eigenvalue weighted by atomic mass is 10.0. The standard InChI is InChI=1S/C75H146O17P2/c1-6-9-12-15-18-21-24-27-29-30-31-32-33-35-38-41-44-51-56-61-75(80)91-70(64-85-72(77)58-53-48-42-39-37-34-28-25-22-19-16-13-10-7-2)66-89-93(81,82)87-62-69(76)63-88-94(83,84)90-67-71(65-86-73(78)59-54-49-46-45-47-52-57-68(4)5)92-74(79)60-55-50-43-40-36-26-23-20-17-14-11-8-3/h68-71,76H,6-67H2,1-5H3,(H,81,82)(H,83,84)/t69-,70-,71-/m1/s1. The van der Waals surface area contributed by atoms with Crippen LogP contribution in [0, 0.1) is 5.92 Å². The van der Waals surface area contributed by atoms with Crippen LogP contribution < -0.4 is 0 Å². The molecule has 0 radical (unpaired) electrons. The van der Waals surface area contributed by atoms with Gasteiger partial charge in [0.1, 0.15) is 19.3 Å². The van der Waals surface area contributed by atoms with Crippen LogP contribution in [0.2, 0.25) is 0 Å². The van der Waals surface area contributed by atoms with Gasteiger partial charge in [0.15, 0.2) is 12.2 Å². The Bertz CT molecular complexity index is 1810. The molecule has 0 aliphatic heterocycles. The minimum absolute atomic E-state index is 0.107. The van der Waals surface area contributed by atoms with Crippen LogP contribution in [0.5, 0.6) is 0 Å². The molecular weight excluding hydrogens is 1230 g/mol. The highest BCUT2D eigenvalue weighted by atomic mass is 31.2. The summed E-state index contributed by atoms with van der Waals surface area (Å²) in [5.41, 5.74) is 0. The first-order valence-corrected chi connectivity index (χ1v) is 42.1. The number of hydrogen-bond acceptors (Lipinski definition) is 15. The molecule has 94 heavy (non-hydrogen) atoms. The monoisotopic (exact) mass is 1380 g/mol. The fraction of sp³-hybridized carbons (Fsp3) is 0.947. The molecule has 0 aliphatic carbocycles. The maximum atomic E-state index is 13.1. The molecule has 0 aromatic carbocycles. The summed E-state index contributed by atoms with van der Waals surface area (Å²) in [6, 6.07) is 0. The van der Waals surface area contributed by atoms with E-state index in [9.17, 15) is 43.2 Å². The predicted octanol–water partition coefficient (Wildman–Crippen LogP) is 22.1. The third-order valence-corrected chi connectivity index (χ3v) is 19.4. The molecule has 3 N–H and O–H groups in total. The molecule has 0 spiro atoms. The number of rotatable bonds is 75. The van der Waals surface area contributed by atoms with Gasteiger partial charge >= 0.3 is 39.5 Å². The lowest BCUT2D eigenvalue weighted by molar-refractivity contribution is -0.161. The molecule has 0 amide bonds. The molecule has 2 unspecified atom stereocenters. The number of ether oxygens (including phenoxy) is 4. The van der Waals surface area contributed by atoms with Crippen LogP contribution in [0.4, 0.5) is 0 Å². The lowest BCUT2D eigenvalue weighted by Gasteiger charge is -2.21. The van der Waals surface area contributed by atoms with E-state index < -0.39 is 97.5 Å². The zero-order valence-electron chi connectivity index (χ0n) is 61.1. The Morgan fingerprint density at radius 1 is 0.287 bits per heavy atom. The molecule has 0 aromatic rings. The summed E-state index contributed by atoms with van der Waals surface area (Å²) >= 11 is 0. The van der Waals surface area contributed by atoms with Crippen LogP contribution in [0.1, 0.15) is 394 Å². The van der Waals surface area contributed by atoms with Crippen LogP contribution >= 0.6 is 15.6 Å². The average Bonchev–Trinajstić information content (AvgIpc) is 1.44. The van der Waals surface area contributed by atoms with Crippen molar-refractivity contribution in [3.63, 3.8) is 0 Å². The number of phosphoric acid groups is 2. The number of phosphoric ester groups is 2. The summed E-state index contributed by atoms with van der Waals surface area (Å²) in [5, 5.41) is 10.6. The van der Waals surface area contributed by atoms with E-state index in [1.54, 1.807) is 0 Å². The van der Waals surface area contributed by atoms with E-state index in [0.717, 1.165) is 96.3 Å². The van der Waals surface area contributed by atoms with Crippen molar-refractivity contribution in [2.45, 2.75) is 412 Å². The molecule has 0 aromatic heterocycles. The van der Waals surface area contributed by atoms with E-state index in [1.165, 1.54) is 212 Å². The van der Waals surface area contributed by atoms with Gasteiger partial charge in [-0.15, -0.1) is 0 Å². The van der Waals surface area contributed by atoms with Gasteiger partial charge in [0.25, 0.3) is 0 Å². The van der Waals surface area contributed by atoms with Crippen LogP contribution in [0.25, 0.3) is 0 Å². The number of unbranched alkanes of at least 4 members (excludes halogenated alkanes) is 47. The van der Waals surface area contributed by atoms with Crippen molar-refractivity contribution in [3.05, 3.63) is 0 Å². The first kappa shape index (κ1) is 92.1. The highest BCUT2D eigenvalue weighted by molar-refractivity contribution is 7.47. The number of hydrogen-bond donors (Lipinski definition) is 3. The Kier molecular flexibility index (Phi) is 66.8. The molecule has 17 nitrogen and oxygen atoms in total. The second-order valence-corrected chi connectivity index (χ2v) is 30.4. The summed E-state index contributed by atoms with van der Waals surface area (Å²) < 4.78 is 68.4. The van der Waals surface area contributed by atoms with Crippen molar-refractivity contribution in [1.82, 2.24) is 0 Å². The molecule has 5 atom stereocenters. The number of carbonyl (C=O) groups is 4. The Morgan fingerprint density at radius 3 is 0.723 bits per heavy atom. The fourth-order valence-electron chi connectivity index (χ4n) is 11.5. The molecule has 0 rings (SSSR count). The van der Waals surface area contributed by atoms with E-state index in [4.69, 9.17) is 37.0 Å². The molecule has 0 saturated heterocycles. The predicted molar refractivity (Wildman–Crippen MR) is 382 cm³/mol. The SMILES string of the molecule is CCCCCCCCCCCCCCCCCCCCCC(=O)O[C@H](COC(=O)CCCCCCCCCCCCCCCC)COP(=O)(O)OC[C@@H](O)COP(=O)(O)OC[C@@H](COC(=O)CCCCCCCCC(C)C)OC(=O)CCCCCCCCCCCCCC. The molecule has 0 fully saturated rings. The van der Waals surface area contributed by atoms with E-state index in [0.29, 0.717) is 31.6 Å². The fourth-order valence-corrected chi connectivity index (χ4v) is 13.1. The van der Waals surface area contributed by atoms with Gasteiger partial charge in [0, 0.05) is 25.7 Å². The van der Waals surface area contributed by atoms with Gasteiger partial charge in [0.2, 0.25) is 0 Å². The number of aliphatic hydroxyl groups excluding tert-OH is 1. The van der Waals surface area contributed by atoms with Crippen molar-refractivity contribution in [2.24, 2.45) is 5.92 Å². The van der Waals surface area contributed by atoms with Gasteiger partial charge in [0.05, 0.1) is 26.4 Å². The quantitative estimate of drug-likeness (QED) is 0.0222. The molecule has 0 aliphatic rings. The van der Waals surface area contributed by atoms with Crippen molar-refractivity contribution in [1.29, 1.82) is 0 Å². The van der Waals surface area contributed by atoms with E-state index in [-0.39, 0.29) is 25.7 Å².